The summed E-state index contributed by atoms with van der Waals surface area (Å²) in [6, 6.07) is 9.45. The Morgan fingerprint density at radius 1 is 1.18 bits per heavy atom. The molecule has 0 saturated carbocycles. The van der Waals surface area contributed by atoms with Crippen molar-refractivity contribution < 1.29 is 22.3 Å². The lowest BCUT2D eigenvalue weighted by Gasteiger charge is -2.30. The number of benzene rings is 1. The van der Waals surface area contributed by atoms with E-state index < -0.39 is 9.84 Å². The molecule has 0 N–H and O–H groups in total. The smallest absolute Gasteiger partial charge is 0.264 e. The summed E-state index contributed by atoms with van der Waals surface area (Å²) in [5.41, 5.74) is 0.847. The molecule has 2 aromatic rings. The minimum Gasteiger partial charge on any atom is -0.376 e. The third-order valence-electron chi connectivity index (χ3n) is 5.28. The molecule has 0 spiro atoms. The van der Waals surface area contributed by atoms with Crippen molar-refractivity contribution in [1.82, 2.24) is 4.90 Å². The van der Waals surface area contributed by atoms with Gasteiger partial charge >= 0.3 is 0 Å². The van der Waals surface area contributed by atoms with Crippen molar-refractivity contribution >= 4 is 27.1 Å². The van der Waals surface area contributed by atoms with Crippen molar-refractivity contribution in [2.24, 2.45) is 0 Å². The lowest BCUT2D eigenvalue weighted by Crippen LogP contribution is -2.45. The monoisotopic (exact) mass is 423 g/mol. The van der Waals surface area contributed by atoms with Crippen LogP contribution in [0.25, 0.3) is 10.4 Å². The first-order valence-corrected chi connectivity index (χ1v) is 12.0. The average Bonchev–Trinajstić information content (AvgIpc) is 3.40. The summed E-state index contributed by atoms with van der Waals surface area (Å²) >= 11 is 1.34. The van der Waals surface area contributed by atoms with Crippen LogP contribution in [0.3, 0.4) is 0 Å². The molecule has 1 aromatic carbocycles. The van der Waals surface area contributed by atoms with Gasteiger partial charge in [0, 0.05) is 24.1 Å². The van der Waals surface area contributed by atoms with E-state index in [4.69, 9.17) is 4.74 Å². The van der Waals surface area contributed by atoms with Crippen LogP contribution < -0.4 is 0 Å². The Balaban J connectivity index is 1.57. The third kappa shape index (κ3) is 4.29. The van der Waals surface area contributed by atoms with E-state index >= 15 is 0 Å². The number of carbonyl (C=O) groups excluding carboxylic acids is 1. The molecule has 0 unspecified atom stereocenters. The fourth-order valence-corrected chi connectivity index (χ4v) is 6.49. The molecule has 0 radical (unpaired) electrons. The van der Waals surface area contributed by atoms with Gasteiger partial charge in [-0.15, -0.1) is 11.3 Å². The number of rotatable bonds is 5. The highest BCUT2D eigenvalue weighted by molar-refractivity contribution is 7.91. The SMILES string of the molecule is O=C(c1ccc(-c2ccc(F)cc2)s1)N(C[C@H]1CCCO1)[C@@H]1CCS(=O)(=O)C1. The van der Waals surface area contributed by atoms with Gasteiger partial charge in [-0.1, -0.05) is 12.1 Å². The lowest BCUT2D eigenvalue weighted by molar-refractivity contribution is 0.0445. The maximum Gasteiger partial charge on any atom is 0.264 e. The Morgan fingerprint density at radius 3 is 2.61 bits per heavy atom. The Kier molecular flexibility index (Phi) is 5.53. The number of nitrogens with zero attached hydrogens (tertiary/aromatic N) is 1. The summed E-state index contributed by atoms with van der Waals surface area (Å²) < 4.78 is 42.8. The molecule has 0 aliphatic carbocycles. The minimum atomic E-state index is -3.10. The lowest BCUT2D eigenvalue weighted by atomic mass is 10.1. The van der Waals surface area contributed by atoms with Crippen LogP contribution in [0.4, 0.5) is 4.39 Å². The standard InChI is InChI=1S/C20H22FNO4S2/c21-15-5-3-14(4-6-15)18-7-8-19(27-18)20(23)22(12-17-2-1-10-26-17)16-9-11-28(24,25)13-16/h3-8,16-17H,1-2,9-13H2/t16-,17-/m1/s1. The molecule has 1 amide bonds. The van der Waals surface area contributed by atoms with Gasteiger partial charge in [-0.3, -0.25) is 4.79 Å². The highest BCUT2D eigenvalue weighted by Gasteiger charge is 2.37. The molecule has 2 saturated heterocycles. The van der Waals surface area contributed by atoms with E-state index in [1.54, 1.807) is 23.1 Å². The fourth-order valence-electron chi connectivity index (χ4n) is 3.79. The van der Waals surface area contributed by atoms with E-state index in [9.17, 15) is 17.6 Å². The first-order valence-electron chi connectivity index (χ1n) is 9.40. The zero-order valence-corrected chi connectivity index (χ0v) is 17.0. The third-order valence-corrected chi connectivity index (χ3v) is 8.15. The van der Waals surface area contributed by atoms with Crippen molar-refractivity contribution in [3.05, 3.63) is 47.1 Å². The maximum absolute atomic E-state index is 13.3. The first kappa shape index (κ1) is 19.5. The molecule has 4 rings (SSSR count). The van der Waals surface area contributed by atoms with Gasteiger partial charge in [0.1, 0.15) is 5.82 Å². The molecule has 1 aromatic heterocycles. The largest absolute Gasteiger partial charge is 0.376 e. The van der Waals surface area contributed by atoms with Crippen molar-refractivity contribution in [2.45, 2.75) is 31.4 Å². The number of halogens is 1. The maximum atomic E-state index is 13.3. The summed E-state index contributed by atoms with van der Waals surface area (Å²) in [4.78, 5) is 16.4. The predicted molar refractivity (Wildman–Crippen MR) is 107 cm³/mol. The molecule has 2 aliphatic rings. The van der Waals surface area contributed by atoms with Crippen LogP contribution in [0.15, 0.2) is 36.4 Å². The van der Waals surface area contributed by atoms with Gasteiger partial charge in [-0.05, 0) is 49.1 Å². The van der Waals surface area contributed by atoms with Crippen LogP contribution in [0.1, 0.15) is 28.9 Å². The average molecular weight is 424 g/mol. The molecule has 2 atom stereocenters. The van der Waals surface area contributed by atoms with E-state index in [0.717, 1.165) is 23.3 Å². The molecule has 150 valence electrons. The molecule has 8 heteroatoms. The predicted octanol–water partition coefficient (Wildman–Crippen LogP) is 3.36. The van der Waals surface area contributed by atoms with E-state index in [1.165, 1.54) is 23.5 Å². The second-order valence-corrected chi connectivity index (χ2v) is 10.6. The van der Waals surface area contributed by atoms with E-state index in [1.807, 2.05) is 6.07 Å². The zero-order valence-electron chi connectivity index (χ0n) is 15.3. The van der Waals surface area contributed by atoms with Gasteiger partial charge < -0.3 is 9.64 Å². The number of hydrogen-bond donors (Lipinski definition) is 0. The van der Waals surface area contributed by atoms with Gasteiger partial charge in [0.2, 0.25) is 0 Å². The van der Waals surface area contributed by atoms with Crippen molar-refractivity contribution in [3.63, 3.8) is 0 Å². The van der Waals surface area contributed by atoms with Gasteiger partial charge in [0.05, 0.1) is 22.5 Å². The number of carbonyl (C=O) groups is 1. The zero-order chi connectivity index (χ0) is 19.7. The Bertz CT molecular complexity index is 949. The van der Waals surface area contributed by atoms with Gasteiger partial charge in [-0.2, -0.15) is 0 Å². The summed E-state index contributed by atoms with van der Waals surface area (Å²) in [5, 5.41) is 0. The van der Waals surface area contributed by atoms with Crippen LogP contribution >= 0.6 is 11.3 Å². The highest BCUT2D eigenvalue weighted by atomic mass is 32.2. The van der Waals surface area contributed by atoms with Crippen LogP contribution in [0.5, 0.6) is 0 Å². The number of hydrogen-bond acceptors (Lipinski definition) is 5. The normalized spacial score (nSPS) is 23.8. The molecule has 2 aliphatic heterocycles. The Morgan fingerprint density at radius 2 is 1.96 bits per heavy atom. The highest BCUT2D eigenvalue weighted by Crippen LogP contribution is 2.31. The van der Waals surface area contributed by atoms with Gasteiger partial charge in [-0.25, -0.2) is 12.8 Å². The minimum absolute atomic E-state index is 0.0155. The van der Waals surface area contributed by atoms with Crippen LogP contribution in [-0.4, -0.2) is 56.0 Å². The summed E-state index contributed by atoms with van der Waals surface area (Å²) in [6.45, 7) is 1.10. The number of ether oxygens (including phenoxy) is 1. The van der Waals surface area contributed by atoms with E-state index in [2.05, 4.69) is 0 Å². The molecule has 0 bridgehead atoms. The van der Waals surface area contributed by atoms with Crippen molar-refractivity contribution in [2.75, 3.05) is 24.7 Å². The number of amides is 1. The number of thiophene rings is 1. The second-order valence-electron chi connectivity index (χ2n) is 7.32. The number of sulfone groups is 1. The first-order chi connectivity index (χ1) is 13.4. The summed E-state index contributed by atoms with van der Waals surface area (Å²) in [6.07, 6.45) is 2.28. The molecule has 2 fully saturated rings. The van der Waals surface area contributed by atoms with Crippen molar-refractivity contribution in [1.29, 1.82) is 0 Å². The summed E-state index contributed by atoms with van der Waals surface area (Å²) in [5.74, 6) is -0.322. The molecular weight excluding hydrogens is 401 g/mol. The van der Waals surface area contributed by atoms with Crippen LogP contribution in [0.2, 0.25) is 0 Å². The fraction of sp³-hybridized carbons (Fsp3) is 0.450. The van der Waals surface area contributed by atoms with Crippen molar-refractivity contribution in [3.8, 4) is 10.4 Å². The van der Waals surface area contributed by atoms with E-state index in [-0.39, 0.29) is 35.4 Å². The Labute approximate surface area is 168 Å². The van der Waals surface area contributed by atoms with E-state index in [0.29, 0.717) is 24.4 Å². The topological polar surface area (TPSA) is 63.7 Å². The molecular formula is C20H22FNO4S2. The van der Waals surface area contributed by atoms with Crippen LogP contribution in [-0.2, 0) is 14.6 Å². The molecule has 28 heavy (non-hydrogen) atoms. The van der Waals surface area contributed by atoms with Crippen LogP contribution in [0, 0.1) is 5.82 Å². The molecule has 5 nitrogen and oxygen atoms in total. The van der Waals surface area contributed by atoms with Gasteiger partial charge in [0.15, 0.2) is 9.84 Å². The van der Waals surface area contributed by atoms with Gasteiger partial charge in [0.25, 0.3) is 5.91 Å². The second kappa shape index (κ2) is 7.93. The Hall–Kier alpha value is -1.77. The quantitative estimate of drug-likeness (QED) is 0.740. The summed E-state index contributed by atoms with van der Waals surface area (Å²) in [7, 11) is -3.10. The molecule has 3 heterocycles.